The predicted molar refractivity (Wildman–Crippen MR) is 136 cm³/mol. The van der Waals surface area contributed by atoms with E-state index in [9.17, 15) is 9.18 Å². The summed E-state index contributed by atoms with van der Waals surface area (Å²) in [5.74, 6) is -0.683. The van der Waals surface area contributed by atoms with Crippen molar-refractivity contribution >= 4 is 34.1 Å². The predicted octanol–water partition coefficient (Wildman–Crippen LogP) is 3.85. The van der Waals surface area contributed by atoms with Crippen molar-refractivity contribution < 1.29 is 18.7 Å². The van der Waals surface area contributed by atoms with Crippen LogP contribution in [-0.4, -0.2) is 47.3 Å². The Morgan fingerprint density at radius 3 is 2.72 bits per heavy atom. The molecule has 1 aromatic carbocycles. The Balaban J connectivity index is 1.35. The first-order valence-electron chi connectivity index (χ1n) is 12.4. The number of amides is 1. The molecule has 0 bridgehead atoms. The van der Waals surface area contributed by atoms with E-state index in [2.05, 4.69) is 20.6 Å². The molecule has 2 fully saturated rings. The lowest BCUT2D eigenvalue weighted by Gasteiger charge is -2.30. The summed E-state index contributed by atoms with van der Waals surface area (Å²) < 4.78 is 26.2. The van der Waals surface area contributed by atoms with Gasteiger partial charge >= 0.3 is 0 Å². The fourth-order valence-electron chi connectivity index (χ4n) is 4.74. The lowest BCUT2D eigenvalue weighted by Crippen LogP contribution is -2.43. The minimum absolute atomic E-state index is 0.0397. The number of pyridine rings is 2. The van der Waals surface area contributed by atoms with E-state index >= 15 is 0 Å². The highest BCUT2D eigenvalue weighted by Crippen LogP contribution is 2.28. The van der Waals surface area contributed by atoms with Crippen molar-refractivity contribution in [3.63, 3.8) is 0 Å². The van der Waals surface area contributed by atoms with Gasteiger partial charge in [0.15, 0.2) is 11.6 Å². The molecule has 0 spiro atoms. The molecule has 2 aromatic heterocycles. The van der Waals surface area contributed by atoms with Gasteiger partial charge in [0.1, 0.15) is 12.4 Å². The minimum atomic E-state index is -0.777. The van der Waals surface area contributed by atoms with Crippen molar-refractivity contribution in [1.82, 2.24) is 9.97 Å². The number of benzene rings is 1. The molecule has 1 amide bonds. The van der Waals surface area contributed by atoms with Crippen molar-refractivity contribution in [3.05, 3.63) is 47.8 Å². The summed E-state index contributed by atoms with van der Waals surface area (Å²) in [5.41, 5.74) is 13.1. The van der Waals surface area contributed by atoms with Gasteiger partial charge in [-0.3, -0.25) is 4.79 Å². The van der Waals surface area contributed by atoms with Crippen LogP contribution in [0.15, 0.2) is 36.4 Å². The average molecular weight is 495 g/mol. The highest BCUT2D eigenvalue weighted by molar-refractivity contribution is 5.99. The smallest absolute Gasteiger partial charge is 0.252 e. The van der Waals surface area contributed by atoms with Gasteiger partial charge in [-0.1, -0.05) is 12.8 Å². The zero-order chi connectivity index (χ0) is 25.1. The quantitative estimate of drug-likeness (QED) is 0.371. The topological polar surface area (TPSA) is 137 Å². The molecule has 1 aliphatic carbocycles. The van der Waals surface area contributed by atoms with Crippen LogP contribution in [0.4, 0.5) is 21.7 Å². The SMILES string of the molecule is NC(=O)c1cc(F)c(N[C@@H]2CCCC[C@@H]2N)nc1Nc1ccc2nc(OCC3CCCO3)ccc2c1. The zero-order valence-corrected chi connectivity index (χ0v) is 20.0. The van der Waals surface area contributed by atoms with Crippen LogP contribution in [0, 0.1) is 5.82 Å². The first-order valence-corrected chi connectivity index (χ1v) is 12.4. The lowest BCUT2D eigenvalue weighted by atomic mass is 9.91. The summed E-state index contributed by atoms with van der Waals surface area (Å²) in [6.07, 6.45) is 5.95. The standard InChI is InChI=1S/C26H31FN6O3/c27-19-13-18(24(29)34)25(33-26(19)32-22-6-2-1-5-20(22)28)30-16-8-9-21-15(12-16)7-10-23(31-21)36-14-17-4-3-11-35-17/h7-10,12-13,17,20,22H,1-6,11,14,28H2,(H2,29,34)(H2,30,32,33)/t17?,20-,22+/m0/s1. The number of anilines is 3. The Morgan fingerprint density at radius 1 is 1.08 bits per heavy atom. The van der Waals surface area contributed by atoms with Gasteiger partial charge in [0, 0.05) is 35.8 Å². The summed E-state index contributed by atoms with van der Waals surface area (Å²) in [6, 6.07) is 10.2. The summed E-state index contributed by atoms with van der Waals surface area (Å²) in [7, 11) is 0. The molecule has 9 nitrogen and oxygen atoms in total. The van der Waals surface area contributed by atoms with E-state index in [1.165, 1.54) is 0 Å². The average Bonchev–Trinajstić information content (AvgIpc) is 3.39. The van der Waals surface area contributed by atoms with E-state index < -0.39 is 11.7 Å². The van der Waals surface area contributed by atoms with Crippen LogP contribution in [0.3, 0.4) is 0 Å². The molecule has 2 aliphatic rings. The number of nitrogens with two attached hydrogens (primary N) is 2. The number of ether oxygens (including phenoxy) is 2. The lowest BCUT2D eigenvalue weighted by molar-refractivity contribution is 0.0664. The number of rotatable bonds is 8. The molecule has 1 aliphatic heterocycles. The third-order valence-corrected chi connectivity index (χ3v) is 6.75. The molecule has 10 heteroatoms. The van der Waals surface area contributed by atoms with Crippen LogP contribution in [0.2, 0.25) is 0 Å². The van der Waals surface area contributed by atoms with Crippen molar-refractivity contribution in [1.29, 1.82) is 0 Å². The van der Waals surface area contributed by atoms with Gasteiger partial charge in [-0.2, -0.15) is 0 Å². The number of primary amides is 1. The molecule has 3 aromatic rings. The van der Waals surface area contributed by atoms with Crippen LogP contribution in [-0.2, 0) is 4.74 Å². The Labute approximate surface area is 208 Å². The highest BCUT2D eigenvalue weighted by atomic mass is 19.1. The van der Waals surface area contributed by atoms with Gasteiger partial charge in [0.25, 0.3) is 5.91 Å². The van der Waals surface area contributed by atoms with E-state index in [4.69, 9.17) is 20.9 Å². The van der Waals surface area contributed by atoms with Crippen molar-refractivity contribution in [2.45, 2.75) is 56.7 Å². The Morgan fingerprint density at radius 2 is 1.94 bits per heavy atom. The monoisotopic (exact) mass is 494 g/mol. The Hall–Kier alpha value is -3.50. The molecule has 3 heterocycles. The second-order valence-corrected chi connectivity index (χ2v) is 9.41. The third kappa shape index (κ3) is 5.50. The molecular weight excluding hydrogens is 463 g/mol. The first kappa shape index (κ1) is 24.2. The molecule has 6 N–H and O–H groups in total. The van der Waals surface area contributed by atoms with Crippen LogP contribution >= 0.6 is 0 Å². The van der Waals surface area contributed by atoms with Crippen LogP contribution in [0.5, 0.6) is 5.88 Å². The normalized spacial score (nSPS) is 21.9. The maximum absolute atomic E-state index is 14.8. The first-order chi connectivity index (χ1) is 17.5. The van der Waals surface area contributed by atoms with Gasteiger partial charge in [0.2, 0.25) is 5.88 Å². The van der Waals surface area contributed by atoms with E-state index in [1.807, 2.05) is 24.3 Å². The fraction of sp³-hybridized carbons (Fsp3) is 0.423. The van der Waals surface area contributed by atoms with Crippen molar-refractivity contribution in [2.24, 2.45) is 11.5 Å². The maximum atomic E-state index is 14.8. The summed E-state index contributed by atoms with van der Waals surface area (Å²) in [4.78, 5) is 21.0. The van der Waals surface area contributed by atoms with Gasteiger partial charge in [-0.05, 0) is 56.0 Å². The van der Waals surface area contributed by atoms with E-state index in [1.54, 1.807) is 6.07 Å². The Kier molecular flexibility index (Phi) is 7.15. The number of hydrogen-bond acceptors (Lipinski definition) is 8. The molecule has 1 unspecified atom stereocenters. The molecular formula is C26H31FN6O3. The number of carbonyl (C=O) groups excluding carboxylic acids is 1. The van der Waals surface area contributed by atoms with Crippen molar-refractivity contribution in [3.8, 4) is 5.88 Å². The number of nitrogens with one attached hydrogen (secondary N) is 2. The summed E-state index contributed by atoms with van der Waals surface area (Å²) in [5, 5.41) is 7.10. The number of nitrogens with zero attached hydrogens (tertiary/aromatic N) is 2. The van der Waals surface area contributed by atoms with Crippen LogP contribution in [0.25, 0.3) is 10.9 Å². The van der Waals surface area contributed by atoms with Crippen LogP contribution in [0.1, 0.15) is 48.9 Å². The number of carbonyl (C=O) groups is 1. The Bertz CT molecular complexity index is 1250. The maximum Gasteiger partial charge on any atom is 0.252 e. The van der Waals surface area contributed by atoms with E-state index in [-0.39, 0.29) is 35.4 Å². The molecule has 190 valence electrons. The zero-order valence-electron chi connectivity index (χ0n) is 20.0. The van der Waals surface area contributed by atoms with Gasteiger partial charge in [-0.15, -0.1) is 0 Å². The number of fused-ring (bicyclic) bond motifs is 1. The highest BCUT2D eigenvalue weighted by Gasteiger charge is 2.24. The van der Waals surface area contributed by atoms with Gasteiger partial charge in [-0.25, -0.2) is 14.4 Å². The number of halogens is 1. The second kappa shape index (κ2) is 10.6. The van der Waals surface area contributed by atoms with Gasteiger partial charge in [0.05, 0.1) is 17.2 Å². The number of aromatic nitrogens is 2. The molecule has 0 radical (unpaired) electrons. The van der Waals surface area contributed by atoms with E-state index in [0.29, 0.717) is 18.2 Å². The van der Waals surface area contributed by atoms with E-state index in [0.717, 1.165) is 62.1 Å². The molecule has 5 rings (SSSR count). The summed E-state index contributed by atoms with van der Waals surface area (Å²) in [6.45, 7) is 1.26. The number of hydrogen-bond donors (Lipinski definition) is 4. The molecule has 3 atom stereocenters. The summed E-state index contributed by atoms with van der Waals surface area (Å²) >= 11 is 0. The second-order valence-electron chi connectivity index (χ2n) is 9.41. The van der Waals surface area contributed by atoms with Gasteiger partial charge < -0.3 is 31.6 Å². The molecule has 36 heavy (non-hydrogen) atoms. The largest absolute Gasteiger partial charge is 0.475 e. The molecule has 1 saturated heterocycles. The minimum Gasteiger partial charge on any atom is -0.475 e. The van der Waals surface area contributed by atoms with Crippen molar-refractivity contribution in [2.75, 3.05) is 23.8 Å². The van der Waals surface area contributed by atoms with Crippen LogP contribution < -0.4 is 26.8 Å². The fourth-order valence-corrected chi connectivity index (χ4v) is 4.74. The molecule has 1 saturated carbocycles. The third-order valence-electron chi connectivity index (χ3n) is 6.75.